The third kappa shape index (κ3) is 5.44. The predicted octanol–water partition coefficient (Wildman–Crippen LogP) is 1.31. The summed E-state index contributed by atoms with van der Waals surface area (Å²) in [4.78, 5) is 11.5. The molecule has 0 spiro atoms. The minimum absolute atomic E-state index is 0.0262. The van der Waals surface area contributed by atoms with Gasteiger partial charge in [0, 0.05) is 12.0 Å². The zero-order valence-electron chi connectivity index (χ0n) is 9.41. The molecule has 0 radical (unpaired) electrons. The van der Waals surface area contributed by atoms with Gasteiger partial charge in [-0.2, -0.15) is 0 Å². The second kappa shape index (κ2) is 8.31. The Bertz CT molecular complexity index is 195. The second-order valence-electron chi connectivity index (χ2n) is 3.93. The molecular formula is C12H21NO2. The standard InChI is InChI=1S/C10H19NO2.C2H2/c1-8(7-12)11-10(13)9-5-3-2-4-6-9;1-2/h8-9,12H,2-7H2,1H3,(H,11,13);1-2H. The monoisotopic (exact) mass is 211 g/mol. The number of carbonyl (C=O) groups is 1. The van der Waals surface area contributed by atoms with Crippen LogP contribution in [0.25, 0.3) is 0 Å². The van der Waals surface area contributed by atoms with Gasteiger partial charge in [-0.05, 0) is 19.8 Å². The Morgan fingerprint density at radius 2 is 1.93 bits per heavy atom. The van der Waals surface area contributed by atoms with Crippen LogP contribution in [0.1, 0.15) is 39.0 Å². The lowest BCUT2D eigenvalue weighted by Crippen LogP contribution is -2.39. The number of aliphatic hydroxyl groups is 1. The van der Waals surface area contributed by atoms with Crippen LogP contribution in [-0.4, -0.2) is 23.7 Å². The van der Waals surface area contributed by atoms with Crippen LogP contribution in [0, 0.1) is 18.8 Å². The molecule has 1 saturated carbocycles. The Hall–Kier alpha value is -1.01. The van der Waals surface area contributed by atoms with E-state index in [0.717, 1.165) is 12.8 Å². The summed E-state index contributed by atoms with van der Waals surface area (Å²) in [6, 6.07) is -0.102. The van der Waals surface area contributed by atoms with Gasteiger partial charge in [0.2, 0.25) is 5.91 Å². The van der Waals surface area contributed by atoms with E-state index in [1.807, 2.05) is 6.92 Å². The summed E-state index contributed by atoms with van der Waals surface area (Å²) >= 11 is 0. The van der Waals surface area contributed by atoms with Crippen molar-refractivity contribution in [3.8, 4) is 12.8 Å². The van der Waals surface area contributed by atoms with Crippen molar-refractivity contribution < 1.29 is 9.90 Å². The molecule has 0 heterocycles. The average Bonchev–Trinajstić information content (AvgIpc) is 2.32. The third-order valence-corrected chi connectivity index (χ3v) is 2.64. The number of carbonyl (C=O) groups excluding carboxylic acids is 1. The fraction of sp³-hybridized carbons (Fsp3) is 0.750. The van der Waals surface area contributed by atoms with E-state index in [2.05, 4.69) is 18.2 Å². The molecule has 0 aromatic heterocycles. The molecule has 0 aromatic carbocycles. The van der Waals surface area contributed by atoms with E-state index in [1.165, 1.54) is 19.3 Å². The topological polar surface area (TPSA) is 49.3 Å². The van der Waals surface area contributed by atoms with Crippen LogP contribution in [0.15, 0.2) is 0 Å². The van der Waals surface area contributed by atoms with Gasteiger partial charge in [-0.1, -0.05) is 19.3 Å². The Labute approximate surface area is 92.3 Å². The molecule has 86 valence electrons. The van der Waals surface area contributed by atoms with Crippen LogP contribution in [0.3, 0.4) is 0 Å². The second-order valence-corrected chi connectivity index (χ2v) is 3.93. The molecule has 1 aliphatic carbocycles. The summed E-state index contributed by atoms with van der Waals surface area (Å²) < 4.78 is 0. The van der Waals surface area contributed by atoms with Crippen LogP contribution in [-0.2, 0) is 4.79 Å². The summed E-state index contributed by atoms with van der Waals surface area (Å²) in [5.41, 5.74) is 0. The first kappa shape index (κ1) is 14.0. The molecule has 15 heavy (non-hydrogen) atoms. The van der Waals surface area contributed by atoms with Crippen molar-refractivity contribution in [3.63, 3.8) is 0 Å². The highest BCUT2D eigenvalue weighted by molar-refractivity contribution is 5.78. The Morgan fingerprint density at radius 3 is 2.40 bits per heavy atom. The van der Waals surface area contributed by atoms with Crippen molar-refractivity contribution >= 4 is 5.91 Å². The molecular weight excluding hydrogens is 190 g/mol. The van der Waals surface area contributed by atoms with Gasteiger partial charge in [-0.25, -0.2) is 0 Å². The number of terminal acetylenes is 1. The largest absolute Gasteiger partial charge is 0.394 e. The Morgan fingerprint density at radius 1 is 1.40 bits per heavy atom. The van der Waals surface area contributed by atoms with Gasteiger partial charge in [0.25, 0.3) is 0 Å². The van der Waals surface area contributed by atoms with Crippen molar-refractivity contribution in [3.05, 3.63) is 0 Å². The lowest BCUT2D eigenvalue weighted by atomic mass is 9.88. The van der Waals surface area contributed by atoms with Crippen LogP contribution in [0.2, 0.25) is 0 Å². The number of rotatable bonds is 3. The van der Waals surface area contributed by atoms with E-state index in [0.29, 0.717) is 0 Å². The van der Waals surface area contributed by atoms with Crippen LogP contribution in [0.4, 0.5) is 0 Å². The van der Waals surface area contributed by atoms with E-state index in [9.17, 15) is 4.79 Å². The summed E-state index contributed by atoms with van der Waals surface area (Å²) in [7, 11) is 0. The molecule has 0 aliphatic heterocycles. The molecule has 2 N–H and O–H groups in total. The van der Waals surface area contributed by atoms with Crippen molar-refractivity contribution in [2.24, 2.45) is 5.92 Å². The molecule has 1 aliphatic rings. The quantitative estimate of drug-likeness (QED) is 0.692. The van der Waals surface area contributed by atoms with Gasteiger partial charge in [-0.15, -0.1) is 12.8 Å². The fourth-order valence-corrected chi connectivity index (χ4v) is 1.77. The van der Waals surface area contributed by atoms with Crippen molar-refractivity contribution in [1.29, 1.82) is 0 Å². The van der Waals surface area contributed by atoms with Gasteiger partial charge in [0.15, 0.2) is 0 Å². The molecule has 0 aromatic rings. The summed E-state index contributed by atoms with van der Waals surface area (Å²) in [6.07, 6.45) is 13.6. The molecule has 0 bridgehead atoms. The van der Waals surface area contributed by atoms with Gasteiger partial charge >= 0.3 is 0 Å². The predicted molar refractivity (Wildman–Crippen MR) is 61.2 cm³/mol. The zero-order chi connectivity index (χ0) is 11.7. The Balaban J connectivity index is 0.000000921. The average molecular weight is 211 g/mol. The summed E-state index contributed by atoms with van der Waals surface area (Å²) in [5.74, 6) is 0.323. The third-order valence-electron chi connectivity index (χ3n) is 2.64. The summed E-state index contributed by atoms with van der Waals surface area (Å²) in [6.45, 7) is 1.85. The highest BCUT2D eigenvalue weighted by atomic mass is 16.3. The van der Waals surface area contributed by atoms with Gasteiger partial charge in [0.05, 0.1) is 6.61 Å². The highest BCUT2D eigenvalue weighted by Gasteiger charge is 2.21. The number of amides is 1. The van der Waals surface area contributed by atoms with Crippen LogP contribution < -0.4 is 5.32 Å². The number of nitrogens with one attached hydrogen (secondary N) is 1. The minimum Gasteiger partial charge on any atom is -0.394 e. The fourth-order valence-electron chi connectivity index (χ4n) is 1.77. The lowest BCUT2D eigenvalue weighted by molar-refractivity contribution is -0.126. The SMILES string of the molecule is C#C.CC(CO)NC(=O)C1CCCCC1. The number of hydrogen-bond acceptors (Lipinski definition) is 2. The normalized spacial score (nSPS) is 18.4. The van der Waals surface area contributed by atoms with Gasteiger partial charge in [0.1, 0.15) is 0 Å². The smallest absolute Gasteiger partial charge is 0.223 e. The number of aliphatic hydroxyl groups excluding tert-OH is 1. The molecule has 1 amide bonds. The first-order valence-electron chi connectivity index (χ1n) is 5.48. The van der Waals surface area contributed by atoms with E-state index < -0.39 is 0 Å². The maximum absolute atomic E-state index is 11.5. The van der Waals surface area contributed by atoms with Crippen molar-refractivity contribution in [1.82, 2.24) is 5.32 Å². The minimum atomic E-state index is -0.102. The van der Waals surface area contributed by atoms with Crippen LogP contribution >= 0.6 is 0 Å². The lowest BCUT2D eigenvalue weighted by Gasteiger charge is -2.22. The first-order valence-corrected chi connectivity index (χ1v) is 5.48. The molecule has 1 atom stereocenters. The number of hydrogen-bond donors (Lipinski definition) is 2. The van der Waals surface area contributed by atoms with Gasteiger partial charge in [-0.3, -0.25) is 4.79 Å². The highest BCUT2D eigenvalue weighted by Crippen LogP contribution is 2.23. The molecule has 0 saturated heterocycles. The van der Waals surface area contributed by atoms with E-state index in [-0.39, 0.29) is 24.5 Å². The summed E-state index contributed by atoms with van der Waals surface area (Å²) in [5, 5.41) is 11.6. The van der Waals surface area contributed by atoms with Crippen molar-refractivity contribution in [2.45, 2.75) is 45.1 Å². The van der Waals surface area contributed by atoms with Crippen LogP contribution in [0.5, 0.6) is 0 Å². The first-order chi connectivity index (χ1) is 7.24. The maximum atomic E-state index is 11.5. The zero-order valence-corrected chi connectivity index (χ0v) is 9.41. The van der Waals surface area contributed by atoms with E-state index in [1.54, 1.807) is 0 Å². The molecule has 1 fully saturated rings. The van der Waals surface area contributed by atoms with E-state index >= 15 is 0 Å². The van der Waals surface area contributed by atoms with E-state index in [4.69, 9.17) is 5.11 Å². The molecule has 1 unspecified atom stereocenters. The Kier molecular flexibility index (Phi) is 7.75. The maximum Gasteiger partial charge on any atom is 0.223 e. The molecule has 3 nitrogen and oxygen atoms in total. The van der Waals surface area contributed by atoms with Gasteiger partial charge < -0.3 is 10.4 Å². The molecule has 3 heteroatoms. The van der Waals surface area contributed by atoms with Crippen molar-refractivity contribution in [2.75, 3.05) is 6.61 Å². The molecule has 1 rings (SSSR count).